The Morgan fingerprint density at radius 3 is 1.81 bits per heavy atom. The summed E-state index contributed by atoms with van der Waals surface area (Å²) in [6.07, 6.45) is -2.69. The van der Waals surface area contributed by atoms with E-state index in [1.54, 1.807) is 25.3 Å². The molecule has 0 saturated carbocycles. The molecule has 3 aromatic heterocycles. The van der Waals surface area contributed by atoms with Crippen LogP contribution in [0.4, 0.5) is 17.6 Å². The molecule has 3 heterocycles. The Kier molecular flexibility index (Phi) is 14.1. The van der Waals surface area contributed by atoms with Crippen molar-refractivity contribution in [3.05, 3.63) is 175 Å². The topological polar surface area (TPSA) is 66.9 Å². The summed E-state index contributed by atoms with van der Waals surface area (Å²) in [6, 6.07) is 43.8. The monoisotopic (exact) mass is 911 g/mol. The molecule has 5 nitrogen and oxygen atoms in total. The maximum atomic E-state index is 12.8. The van der Waals surface area contributed by atoms with Gasteiger partial charge in [-0.2, -0.15) is 31.7 Å². The van der Waals surface area contributed by atoms with Gasteiger partial charge in [-0.25, -0.2) is 0 Å². The third kappa shape index (κ3) is 11.3. The van der Waals surface area contributed by atoms with Gasteiger partial charge >= 0.3 is 6.18 Å². The van der Waals surface area contributed by atoms with Gasteiger partial charge in [0.1, 0.15) is 5.69 Å². The van der Waals surface area contributed by atoms with Crippen molar-refractivity contribution in [2.45, 2.75) is 39.3 Å². The minimum absolute atomic E-state index is 0. The Bertz CT molecular complexity index is 2120. The molecule has 7 aromatic rings. The first kappa shape index (κ1) is 40.9. The van der Waals surface area contributed by atoms with E-state index < -0.39 is 19.8 Å². The molecular formula is C42H37F4IrN5P-3. The van der Waals surface area contributed by atoms with Gasteiger partial charge in [-0.05, 0) is 60.0 Å². The molecule has 0 atom stereocenters. The number of alkyl halides is 3. The molecule has 4 aromatic carbocycles. The summed E-state index contributed by atoms with van der Waals surface area (Å²) in [6.45, 7) is 12.4. The molecule has 0 spiro atoms. The van der Waals surface area contributed by atoms with Crippen molar-refractivity contribution in [3.8, 4) is 22.6 Å². The number of aryl methyl sites for hydroxylation is 1. The number of hydrogen-bond donors (Lipinski definition) is 0. The molecule has 275 valence electrons. The molecule has 0 bridgehead atoms. The van der Waals surface area contributed by atoms with E-state index in [4.69, 9.17) is 0 Å². The van der Waals surface area contributed by atoms with E-state index in [1.165, 1.54) is 33.6 Å². The van der Waals surface area contributed by atoms with Gasteiger partial charge in [-0.1, -0.05) is 81.4 Å². The van der Waals surface area contributed by atoms with E-state index in [0.717, 1.165) is 22.9 Å². The van der Waals surface area contributed by atoms with E-state index in [1.807, 2.05) is 12.1 Å². The average Bonchev–Trinajstić information content (AvgIpc) is 3.81. The SMILES string of the molecule is CC(C)(C)c1ccnc(-c2[c-]cc(F)cc2)c1.Cc1cc(-c2cc(C(F)(F)F)n[n-]2)[n-]n1.[CH2-]c1ccccc1[PH+](c1ccccc1)c1ccccc1.[Ir]. The van der Waals surface area contributed by atoms with Crippen LogP contribution in [0.15, 0.2) is 134 Å². The minimum Gasteiger partial charge on any atom is -0.576 e. The van der Waals surface area contributed by atoms with Crippen LogP contribution in [-0.4, -0.2) is 15.2 Å². The molecule has 0 amide bonds. The Balaban J connectivity index is 0.000000178. The first-order valence-corrected chi connectivity index (χ1v) is 17.9. The fraction of sp³-hybridized carbons (Fsp3) is 0.143. The predicted octanol–water partition coefficient (Wildman–Crippen LogP) is 8.73. The van der Waals surface area contributed by atoms with Gasteiger partial charge in [0.05, 0.1) is 18.5 Å². The number of halogens is 4. The molecule has 11 heteroatoms. The second-order valence-electron chi connectivity index (χ2n) is 12.8. The van der Waals surface area contributed by atoms with Gasteiger partial charge in [-0.3, -0.25) is 4.39 Å². The van der Waals surface area contributed by atoms with E-state index >= 15 is 0 Å². The van der Waals surface area contributed by atoms with Crippen LogP contribution in [0.5, 0.6) is 0 Å². The van der Waals surface area contributed by atoms with Crippen LogP contribution >= 0.6 is 7.92 Å². The predicted molar refractivity (Wildman–Crippen MR) is 202 cm³/mol. The number of nitrogens with zero attached hydrogens (tertiary/aromatic N) is 5. The van der Waals surface area contributed by atoms with Crippen molar-refractivity contribution in [1.29, 1.82) is 0 Å². The zero-order valence-corrected chi connectivity index (χ0v) is 32.9. The Labute approximate surface area is 322 Å². The maximum absolute atomic E-state index is 12.8. The summed E-state index contributed by atoms with van der Waals surface area (Å²) < 4.78 is 49.4. The van der Waals surface area contributed by atoms with Crippen LogP contribution in [0.2, 0.25) is 0 Å². The number of rotatable bonds is 5. The smallest absolute Gasteiger partial charge is 0.431 e. The largest absolute Gasteiger partial charge is 0.576 e. The summed E-state index contributed by atoms with van der Waals surface area (Å²) >= 11 is 0. The second kappa shape index (κ2) is 18.2. The summed E-state index contributed by atoms with van der Waals surface area (Å²) in [7, 11) is -0.970. The third-order valence-electron chi connectivity index (χ3n) is 7.84. The zero-order valence-electron chi connectivity index (χ0n) is 29.5. The third-order valence-corrected chi connectivity index (χ3v) is 10.7. The molecule has 0 fully saturated rings. The van der Waals surface area contributed by atoms with Crippen molar-refractivity contribution >= 4 is 23.8 Å². The van der Waals surface area contributed by atoms with Crippen LogP contribution in [0.3, 0.4) is 0 Å². The van der Waals surface area contributed by atoms with Gasteiger partial charge in [0, 0.05) is 43.1 Å². The van der Waals surface area contributed by atoms with E-state index in [9.17, 15) is 17.6 Å². The van der Waals surface area contributed by atoms with E-state index in [0.29, 0.717) is 11.4 Å². The molecule has 0 saturated heterocycles. The fourth-order valence-electron chi connectivity index (χ4n) is 5.13. The number of pyridine rings is 1. The quantitative estimate of drug-likeness (QED) is 0.0983. The number of benzene rings is 4. The first-order chi connectivity index (χ1) is 24.8. The Morgan fingerprint density at radius 1 is 0.717 bits per heavy atom. The van der Waals surface area contributed by atoms with E-state index in [2.05, 4.69) is 144 Å². The Hall–Kier alpha value is -4.88. The molecule has 0 N–H and O–H groups in total. The van der Waals surface area contributed by atoms with Gasteiger partial charge in [0.2, 0.25) is 0 Å². The molecule has 53 heavy (non-hydrogen) atoms. The van der Waals surface area contributed by atoms with E-state index in [-0.39, 0.29) is 37.0 Å². The van der Waals surface area contributed by atoms with Gasteiger partial charge in [-0.15, -0.1) is 47.3 Å². The van der Waals surface area contributed by atoms with Crippen LogP contribution in [0.1, 0.15) is 43.3 Å². The molecule has 0 aliphatic rings. The second-order valence-corrected chi connectivity index (χ2v) is 15.3. The summed E-state index contributed by atoms with van der Waals surface area (Å²) in [5.41, 5.74) is 4.07. The number of aromatic nitrogens is 5. The summed E-state index contributed by atoms with van der Waals surface area (Å²) in [5.74, 6) is -0.277. The average molecular weight is 911 g/mol. The van der Waals surface area contributed by atoms with Gasteiger partial charge < -0.3 is 25.4 Å². The van der Waals surface area contributed by atoms with Crippen LogP contribution in [0, 0.1) is 25.7 Å². The summed E-state index contributed by atoms with van der Waals surface area (Å²) in [5, 5.41) is 17.9. The summed E-state index contributed by atoms with van der Waals surface area (Å²) in [4.78, 5) is 4.30. The zero-order chi connectivity index (χ0) is 37.3. The van der Waals surface area contributed by atoms with Crippen molar-refractivity contribution < 1.29 is 37.7 Å². The van der Waals surface area contributed by atoms with Crippen molar-refractivity contribution in [2.75, 3.05) is 0 Å². The molecule has 1 radical (unpaired) electrons. The normalized spacial score (nSPS) is 11.1. The van der Waals surface area contributed by atoms with Crippen molar-refractivity contribution in [2.24, 2.45) is 0 Å². The molecule has 7 rings (SSSR count). The maximum Gasteiger partial charge on any atom is 0.431 e. The molecule has 0 unspecified atom stereocenters. The number of hydrogen-bond acceptors (Lipinski definition) is 3. The van der Waals surface area contributed by atoms with Crippen molar-refractivity contribution in [1.82, 2.24) is 25.4 Å². The molecule has 0 aliphatic carbocycles. The van der Waals surface area contributed by atoms with Crippen molar-refractivity contribution in [3.63, 3.8) is 0 Å². The van der Waals surface area contributed by atoms with Crippen LogP contribution < -0.4 is 26.1 Å². The first-order valence-electron chi connectivity index (χ1n) is 16.4. The Morgan fingerprint density at radius 2 is 1.30 bits per heavy atom. The minimum atomic E-state index is -4.47. The van der Waals surface area contributed by atoms with Gasteiger partial charge in [0.15, 0.2) is 0 Å². The van der Waals surface area contributed by atoms with Gasteiger partial charge in [0.25, 0.3) is 0 Å². The fourth-order valence-corrected chi connectivity index (χ4v) is 7.81. The molecular weight excluding hydrogens is 874 g/mol. The van der Waals surface area contributed by atoms with Crippen LogP contribution in [0.25, 0.3) is 22.6 Å². The molecule has 0 aliphatic heterocycles. The standard InChI is InChI=1S/C19H16P.C15H15FN.C8H5F3N4.Ir/c1-16-10-8-9-15-19(16)20(17-11-4-2-5-12-17)18-13-6-3-7-14-18;1-15(2,3)12-8-9-17-14(10-12)11-4-6-13(16)7-5-11;1-4-2-5(13-12-4)6-3-7(15-14-6)8(9,10)11;/h2-15H,1H2;4,6-10H,1-3H3;2-3H,1H3;/q2*-1;-2;/p+1. The van der Waals surface area contributed by atoms with Crippen LogP contribution in [-0.2, 0) is 31.7 Å².